The first-order valence-electron chi connectivity index (χ1n) is 12.0. The number of aromatic nitrogens is 1. The molecule has 1 aliphatic heterocycles. The van der Waals surface area contributed by atoms with Crippen molar-refractivity contribution in [3.8, 4) is 11.1 Å². The van der Waals surface area contributed by atoms with Gasteiger partial charge in [-0.2, -0.15) is 0 Å². The van der Waals surface area contributed by atoms with Crippen LogP contribution in [0.4, 0.5) is 4.39 Å². The lowest BCUT2D eigenvalue weighted by molar-refractivity contribution is -0.121. The fourth-order valence-corrected chi connectivity index (χ4v) is 5.81. The normalized spacial score (nSPS) is 21.4. The van der Waals surface area contributed by atoms with Crippen LogP contribution in [-0.4, -0.2) is 41.1 Å². The molecule has 0 spiro atoms. The van der Waals surface area contributed by atoms with Crippen molar-refractivity contribution in [3.63, 3.8) is 0 Å². The summed E-state index contributed by atoms with van der Waals surface area (Å²) in [6, 6.07) is 15.4. The lowest BCUT2D eigenvalue weighted by atomic mass is 9.78. The Bertz CT molecular complexity index is 1070. The summed E-state index contributed by atoms with van der Waals surface area (Å²) in [5, 5.41) is 4.22. The van der Waals surface area contributed by atoms with Crippen molar-refractivity contribution < 1.29 is 9.18 Å². The molecule has 1 aromatic heterocycles. The summed E-state index contributed by atoms with van der Waals surface area (Å²) in [6.07, 6.45) is 10.1. The second-order valence-electron chi connectivity index (χ2n) is 9.33. The Morgan fingerprint density at radius 1 is 1.00 bits per heavy atom. The Kier molecular flexibility index (Phi) is 6.26. The molecule has 1 aliphatic carbocycles. The molecule has 2 heterocycles. The van der Waals surface area contributed by atoms with Crippen LogP contribution in [0.25, 0.3) is 22.0 Å². The molecule has 2 fully saturated rings. The van der Waals surface area contributed by atoms with Gasteiger partial charge in [-0.25, -0.2) is 4.39 Å². The summed E-state index contributed by atoms with van der Waals surface area (Å²) in [7, 11) is 0. The minimum atomic E-state index is -0.246. The van der Waals surface area contributed by atoms with Crippen molar-refractivity contribution in [2.75, 3.05) is 19.6 Å². The highest BCUT2D eigenvalue weighted by Gasteiger charge is 2.32. The van der Waals surface area contributed by atoms with E-state index in [0.29, 0.717) is 6.54 Å². The largest absolute Gasteiger partial charge is 0.353 e. The molecule has 2 aliphatic rings. The van der Waals surface area contributed by atoms with Gasteiger partial charge in [-0.3, -0.25) is 9.69 Å². The molecular formula is C27H32FN3O. The molecule has 1 saturated heterocycles. The number of piperidine rings is 1. The van der Waals surface area contributed by atoms with Crippen molar-refractivity contribution in [3.05, 3.63) is 60.5 Å². The Hall–Kier alpha value is -2.66. The number of benzene rings is 2. The Morgan fingerprint density at radius 2 is 1.81 bits per heavy atom. The fourth-order valence-electron chi connectivity index (χ4n) is 5.81. The van der Waals surface area contributed by atoms with E-state index < -0.39 is 0 Å². The number of hydrogen-bond acceptors (Lipinski definition) is 2. The average molecular weight is 434 g/mol. The Balaban J connectivity index is 1.24. The molecule has 0 radical (unpaired) electrons. The number of rotatable bonds is 6. The van der Waals surface area contributed by atoms with Crippen LogP contribution in [0.5, 0.6) is 0 Å². The highest BCUT2D eigenvalue weighted by molar-refractivity contribution is 5.95. The molecule has 1 amide bonds. The van der Waals surface area contributed by atoms with E-state index in [-0.39, 0.29) is 18.3 Å². The lowest BCUT2D eigenvalue weighted by Gasteiger charge is -2.44. The van der Waals surface area contributed by atoms with Crippen LogP contribution in [0, 0.1) is 11.7 Å². The number of hydrogen-bond donors (Lipinski definition) is 1. The van der Waals surface area contributed by atoms with E-state index in [2.05, 4.69) is 10.2 Å². The minimum absolute atomic E-state index is 0.0358. The summed E-state index contributed by atoms with van der Waals surface area (Å²) in [6.45, 7) is 3.10. The van der Waals surface area contributed by atoms with Gasteiger partial charge in [-0.05, 0) is 61.9 Å². The van der Waals surface area contributed by atoms with E-state index in [1.807, 2.05) is 35.0 Å². The van der Waals surface area contributed by atoms with Gasteiger partial charge in [-0.1, -0.05) is 43.2 Å². The molecule has 0 unspecified atom stereocenters. The van der Waals surface area contributed by atoms with Crippen LogP contribution in [0.2, 0.25) is 0 Å². The van der Waals surface area contributed by atoms with Gasteiger partial charge in [0.2, 0.25) is 5.91 Å². The molecule has 1 saturated carbocycles. The maximum absolute atomic E-state index is 13.4. The van der Waals surface area contributed by atoms with E-state index in [1.54, 1.807) is 12.1 Å². The first kappa shape index (κ1) is 21.2. The zero-order valence-electron chi connectivity index (χ0n) is 18.6. The van der Waals surface area contributed by atoms with Crippen LogP contribution >= 0.6 is 0 Å². The van der Waals surface area contributed by atoms with Crippen LogP contribution in [0.1, 0.15) is 38.5 Å². The van der Waals surface area contributed by atoms with Crippen LogP contribution < -0.4 is 5.32 Å². The predicted octanol–water partition coefficient (Wildman–Crippen LogP) is 5.22. The monoisotopic (exact) mass is 433 g/mol. The average Bonchev–Trinajstić information content (AvgIpc) is 3.23. The number of para-hydroxylation sites is 1. The molecule has 5 rings (SSSR count). The third-order valence-electron chi connectivity index (χ3n) is 7.34. The number of carbonyl (C=O) groups excluding carboxylic acids is 1. The second-order valence-corrected chi connectivity index (χ2v) is 9.33. The third-order valence-corrected chi connectivity index (χ3v) is 7.34. The number of nitrogens with zero attached hydrogens (tertiary/aromatic N) is 2. The van der Waals surface area contributed by atoms with Gasteiger partial charge < -0.3 is 9.88 Å². The summed E-state index contributed by atoms with van der Waals surface area (Å²) in [5.74, 6) is 0.655. The summed E-state index contributed by atoms with van der Waals surface area (Å²) in [5.41, 5.74) is 2.97. The maximum Gasteiger partial charge on any atom is 0.239 e. The molecule has 3 aromatic rings. The molecule has 0 bridgehead atoms. The van der Waals surface area contributed by atoms with E-state index in [9.17, 15) is 9.18 Å². The Morgan fingerprint density at radius 3 is 2.69 bits per heavy atom. The van der Waals surface area contributed by atoms with E-state index in [4.69, 9.17) is 0 Å². The van der Waals surface area contributed by atoms with Gasteiger partial charge in [0.05, 0.1) is 5.52 Å². The zero-order valence-corrected chi connectivity index (χ0v) is 18.6. The molecule has 32 heavy (non-hydrogen) atoms. The van der Waals surface area contributed by atoms with Gasteiger partial charge in [0, 0.05) is 36.3 Å². The van der Waals surface area contributed by atoms with Gasteiger partial charge in [0.1, 0.15) is 12.4 Å². The zero-order chi connectivity index (χ0) is 21.9. The number of likely N-dealkylation sites (tertiary alicyclic amines) is 1. The van der Waals surface area contributed by atoms with Gasteiger partial charge in [0.15, 0.2) is 0 Å². The topological polar surface area (TPSA) is 37.3 Å². The van der Waals surface area contributed by atoms with Gasteiger partial charge in [0.25, 0.3) is 0 Å². The molecule has 2 atom stereocenters. The number of nitrogens with one attached hydrogen (secondary N) is 1. The first-order chi connectivity index (χ1) is 15.7. The first-order valence-corrected chi connectivity index (χ1v) is 12.0. The van der Waals surface area contributed by atoms with Crippen molar-refractivity contribution in [2.24, 2.45) is 5.92 Å². The highest BCUT2D eigenvalue weighted by Crippen LogP contribution is 2.35. The molecule has 1 N–H and O–H groups in total. The Labute approximate surface area is 189 Å². The number of fused-ring (bicyclic) bond motifs is 2. The standard InChI is InChI=1S/C27H32FN3O/c28-23-12-10-20(11-13-23)24-8-3-6-22-14-17-31(27(22)24)19-26(32)29-15-18-30-16-4-7-21-5-1-2-9-25(21)30/h3,6,8,10-14,17,21,25H,1-2,4-5,7,9,15-16,18-19H2,(H,29,32)/t21-,25-/m1/s1. The lowest BCUT2D eigenvalue weighted by Crippen LogP contribution is -2.49. The van der Waals surface area contributed by atoms with E-state index in [1.165, 1.54) is 57.2 Å². The quantitative estimate of drug-likeness (QED) is 0.579. The summed E-state index contributed by atoms with van der Waals surface area (Å²) >= 11 is 0. The highest BCUT2D eigenvalue weighted by atomic mass is 19.1. The fraction of sp³-hybridized carbons (Fsp3) is 0.444. The van der Waals surface area contributed by atoms with Crippen LogP contribution in [0.15, 0.2) is 54.7 Å². The van der Waals surface area contributed by atoms with Gasteiger partial charge >= 0.3 is 0 Å². The van der Waals surface area contributed by atoms with Crippen molar-refractivity contribution >= 4 is 16.8 Å². The molecular weight excluding hydrogens is 401 g/mol. The van der Waals surface area contributed by atoms with Gasteiger partial charge in [-0.15, -0.1) is 0 Å². The van der Waals surface area contributed by atoms with Crippen molar-refractivity contribution in [1.29, 1.82) is 0 Å². The third kappa shape index (κ3) is 4.44. The molecule has 5 heteroatoms. The second kappa shape index (κ2) is 9.45. The molecule has 4 nitrogen and oxygen atoms in total. The van der Waals surface area contributed by atoms with Crippen molar-refractivity contribution in [1.82, 2.24) is 14.8 Å². The summed E-state index contributed by atoms with van der Waals surface area (Å²) < 4.78 is 15.4. The number of amides is 1. The minimum Gasteiger partial charge on any atom is -0.353 e. The number of carbonyl (C=O) groups is 1. The van der Waals surface area contributed by atoms with E-state index >= 15 is 0 Å². The predicted molar refractivity (Wildman–Crippen MR) is 127 cm³/mol. The van der Waals surface area contributed by atoms with Crippen molar-refractivity contribution in [2.45, 2.75) is 51.1 Å². The molecule has 168 valence electrons. The maximum atomic E-state index is 13.4. The van der Waals surface area contributed by atoms with Crippen LogP contribution in [0.3, 0.4) is 0 Å². The number of halogens is 1. The van der Waals surface area contributed by atoms with E-state index in [0.717, 1.165) is 40.5 Å². The molecule has 2 aromatic carbocycles. The van der Waals surface area contributed by atoms with Crippen LogP contribution in [-0.2, 0) is 11.3 Å². The summed E-state index contributed by atoms with van der Waals surface area (Å²) in [4.78, 5) is 15.4. The smallest absolute Gasteiger partial charge is 0.239 e. The SMILES string of the molecule is O=C(Cn1ccc2cccc(-c3ccc(F)cc3)c21)NCCN1CCC[C@H]2CCCC[C@H]21.